The fourth-order valence-electron chi connectivity index (χ4n) is 1.57. The Bertz CT molecular complexity index is 569. The summed E-state index contributed by atoms with van der Waals surface area (Å²) < 4.78 is 6.68. The van der Waals surface area contributed by atoms with Gasteiger partial charge in [0.2, 0.25) is 5.91 Å². The highest BCUT2D eigenvalue weighted by atomic mass is 35.5. The molecular formula is C12H15ClN4O2S. The topological polar surface area (TPSA) is 69.0 Å². The van der Waals surface area contributed by atoms with Gasteiger partial charge in [0.1, 0.15) is 5.01 Å². The lowest BCUT2D eigenvalue weighted by Crippen LogP contribution is -2.14. The van der Waals surface area contributed by atoms with Gasteiger partial charge < -0.3 is 10.1 Å². The third-order valence-electron chi connectivity index (χ3n) is 2.49. The first kappa shape index (κ1) is 15.0. The van der Waals surface area contributed by atoms with Crippen molar-refractivity contribution in [2.75, 3.05) is 19.0 Å². The molecule has 0 aliphatic carbocycles. The van der Waals surface area contributed by atoms with Gasteiger partial charge in [-0.05, 0) is 0 Å². The van der Waals surface area contributed by atoms with Gasteiger partial charge in [-0.15, -0.1) is 22.9 Å². The molecule has 0 saturated carbocycles. The molecule has 0 atom stereocenters. The number of alkyl halides is 1. The predicted molar refractivity (Wildman–Crippen MR) is 78.1 cm³/mol. The van der Waals surface area contributed by atoms with Crippen molar-refractivity contribution in [3.05, 3.63) is 28.5 Å². The molecule has 0 fully saturated rings. The molecule has 2 rings (SSSR count). The summed E-state index contributed by atoms with van der Waals surface area (Å²) in [5.74, 6) is 0.247. The average molecular weight is 315 g/mol. The van der Waals surface area contributed by atoms with Crippen molar-refractivity contribution in [2.45, 2.75) is 18.8 Å². The Morgan fingerprint density at radius 3 is 3.15 bits per heavy atom. The van der Waals surface area contributed by atoms with Crippen LogP contribution in [0.3, 0.4) is 0 Å². The van der Waals surface area contributed by atoms with Crippen molar-refractivity contribution in [2.24, 2.45) is 0 Å². The third-order valence-corrected chi connectivity index (χ3v) is 3.66. The summed E-state index contributed by atoms with van der Waals surface area (Å²) in [6, 6.07) is 0. The van der Waals surface area contributed by atoms with Gasteiger partial charge in [0.25, 0.3) is 0 Å². The molecular weight excluding hydrogens is 300 g/mol. The first-order valence-corrected chi connectivity index (χ1v) is 7.43. The van der Waals surface area contributed by atoms with E-state index >= 15 is 0 Å². The van der Waals surface area contributed by atoms with E-state index in [1.807, 2.05) is 5.38 Å². The highest BCUT2D eigenvalue weighted by Gasteiger charge is 2.09. The normalized spacial score (nSPS) is 10.7. The van der Waals surface area contributed by atoms with E-state index in [-0.39, 0.29) is 12.3 Å². The molecule has 0 unspecified atom stereocenters. The number of carbonyl (C=O) groups excluding carboxylic acids is 1. The number of nitrogens with zero attached hydrogens (tertiary/aromatic N) is 3. The van der Waals surface area contributed by atoms with E-state index in [0.717, 1.165) is 10.7 Å². The van der Waals surface area contributed by atoms with Crippen molar-refractivity contribution in [3.8, 4) is 0 Å². The minimum Gasteiger partial charge on any atom is -0.383 e. The summed E-state index contributed by atoms with van der Waals surface area (Å²) in [6.07, 6.45) is 3.62. The molecule has 20 heavy (non-hydrogen) atoms. The molecule has 0 spiro atoms. The largest absolute Gasteiger partial charge is 0.383 e. The molecule has 1 N–H and O–H groups in total. The van der Waals surface area contributed by atoms with E-state index in [1.54, 1.807) is 24.2 Å². The SMILES string of the molecule is COCCn1cc(NC(=O)Cc2nc(CCl)cs2)cn1. The second-order valence-electron chi connectivity index (χ2n) is 4.08. The smallest absolute Gasteiger partial charge is 0.231 e. The lowest BCUT2D eigenvalue weighted by Gasteiger charge is -2.00. The standard InChI is InChI=1S/C12H15ClN4O2S/c1-19-3-2-17-7-10(6-14-17)15-11(18)4-12-16-9(5-13)8-20-12/h6-8H,2-5H2,1H3,(H,15,18). The average Bonchev–Trinajstić information content (AvgIpc) is 3.05. The van der Waals surface area contributed by atoms with Crippen LogP contribution in [0, 0.1) is 0 Å². The van der Waals surface area contributed by atoms with Gasteiger partial charge in [-0.25, -0.2) is 4.98 Å². The number of thiazole rings is 1. The van der Waals surface area contributed by atoms with Crippen LogP contribution in [0.4, 0.5) is 5.69 Å². The number of anilines is 1. The van der Waals surface area contributed by atoms with Gasteiger partial charge in [-0.3, -0.25) is 9.48 Å². The Morgan fingerprint density at radius 1 is 1.60 bits per heavy atom. The molecule has 0 saturated heterocycles. The van der Waals surface area contributed by atoms with E-state index in [9.17, 15) is 4.79 Å². The van der Waals surface area contributed by atoms with Crippen LogP contribution in [-0.4, -0.2) is 34.4 Å². The van der Waals surface area contributed by atoms with Gasteiger partial charge in [-0.1, -0.05) is 0 Å². The summed E-state index contributed by atoms with van der Waals surface area (Å²) in [5, 5.41) is 9.52. The van der Waals surface area contributed by atoms with E-state index in [0.29, 0.717) is 24.7 Å². The lowest BCUT2D eigenvalue weighted by molar-refractivity contribution is -0.115. The lowest BCUT2D eigenvalue weighted by atomic mass is 10.4. The highest BCUT2D eigenvalue weighted by Crippen LogP contribution is 2.13. The maximum atomic E-state index is 11.9. The molecule has 6 nitrogen and oxygen atoms in total. The molecule has 0 aliphatic heterocycles. The van der Waals surface area contributed by atoms with E-state index in [2.05, 4.69) is 15.4 Å². The van der Waals surface area contributed by atoms with Crippen LogP contribution in [0.15, 0.2) is 17.8 Å². The van der Waals surface area contributed by atoms with Gasteiger partial charge in [0.05, 0.1) is 43.0 Å². The van der Waals surface area contributed by atoms with Gasteiger partial charge >= 0.3 is 0 Å². The molecule has 2 aromatic rings. The van der Waals surface area contributed by atoms with Gasteiger partial charge in [0, 0.05) is 18.7 Å². The summed E-state index contributed by atoms with van der Waals surface area (Å²) >= 11 is 7.11. The number of nitrogens with one attached hydrogen (secondary N) is 1. The summed E-state index contributed by atoms with van der Waals surface area (Å²) in [6.45, 7) is 1.23. The van der Waals surface area contributed by atoms with Crippen molar-refractivity contribution < 1.29 is 9.53 Å². The Morgan fingerprint density at radius 2 is 2.45 bits per heavy atom. The third kappa shape index (κ3) is 4.29. The van der Waals surface area contributed by atoms with Crippen LogP contribution >= 0.6 is 22.9 Å². The number of methoxy groups -OCH3 is 1. The number of aromatic nitrogens is 3. The Hall–Kier alpha value is -1.44. The molecule has 2 heterocycles. The van der Waals surface area contributed by atoms with Gasteiger partial charge in [-0.2, -0.15) is 5.10 Å². The minimum absolute atomic E-state index is 0.119. The molecule has 0 aromatic carbocycles. The molecule has 2 aromatic heterocycles. The van der Waals surface area contributed by atoms with Crippen molar-refractivity contribution in [1.82, 2.24) is 14.8 Å². The number of hydrogen-bond acceptors (Lipinski definition) is 5. The highest BCUT2D eigenvalue weighted by molar-refractivity contribution is 7.09. The zero-order valence-electron chi connectivity index (χ0n) is 11.0. The minimum atomic E-state index is -0.119. The summed E-state index contributed by atoms with van der Waals surface area (Å²) in [4.78, 5) is 16.1. The number of amides is 1. The van der Waals surface area contributed by atoms with Crippen LogP contribution in [0.2, 0.25) is 0 Å². The molecule has 108 valence electrons. The quantitative estimate of drug-likeness (QED) is 0.793. The molecule has 0 radical (unpaired) electrons. The van der Waals surface area contributed by atoms with Gasteiger partial charge in [0.15, 0.2) is 0 Å². The number of carbonyl (C=O) groups is 1. The van der Waals surface area contributed by atoms with E-state index in [1.165, 1.54) is 11.3 Å². The maximum Gasteiger partial charge on any atom is 0.231 e. The van der Waals surface area contributed by atoms with Crippen molar-refractivity contribution in [3.63, 3.8) is 0 Å². The number of hydrogen-bond donors (Lipinski definition) is 1. The van der Waals surface area contributed by atoms with E-state index in [4.69, 9.17) is 16.3 Å². The Balaban J connectivity index is 1.86. The zero-order valence-corrected chi connectivity index (χ0v) is 12.6. The monoisotopic (exact) mass is 314 g/mol. The van der Waals surface area contributed by atoms with Crippen molar-refractivity contribution in [1.29, 1.82) is 0 Å². The van der Waals surface area contributed by atoms with Crippen LogP contribution in [-0.2, 0) is 28.4 Å². The number of rotatable bonds is 7. The molecule has 0 aliphatic rings. The molecule has 8 heteroatoms. The summed E-state index contributed by atoms with van der Waals surface area (Å²) in [5.41, 5.74) is 1.46. The Kier molecular flexibility index (Phi) is 5.51. The fraction of sp³-hybridized carbons (Fsp3) is 0.417. The number of halogens is 1. The first-order chi connectivity index (χ1) is 9.71. The second kappa shape index (κ2) is 7.37. The second-order valence-corrected chi connectivity index (χ2v) is 5.29. The maximum absolute atomic E-state index is 11.9. The fourth-order valence-corrected chi connectivity index (χ4v) is 2.59. The van der Waals surface area contributed by atoms with Crippen LogP contribution < -0.4 is 5.32 Å². The van der Waals surface area contributed by atoms with E-state index < -0.39 is 0 Å². The van der Waals surface area contributed by atoms with Crippen LogP contribution in [0.5, 0.6) is 0 Å². The molecule has 0 bridgehead atoms. The first-order valence-electron chi connectivity index (χ1n) is 6.01. The zero-order chi connectivity index (χ0) is 14.4. The van der Waals surface area contributed by atoms with Crippen LogP contribution in [0.1, 0.15) is 10.7 Å². The number of ether oxygens (including phenoxy) is 1. The van der Waals surface area contributed by atoms with Crippen molar-refractivity contribution >= 4 is 34.5 Å². The predicted octanol–water partition coefficient (Wildman–Crippen LogP) is 1.91. The summed E-state index contributed by atoms with van der Waals surface area (Å²) in [7, 11) is 1.63. The molecule has 1 amide bonds. The van der Waals surface area contributed by atoms with Crippen LogP contribution in [0.25, 0.3) is 0 Å². The Labute approximate surface area is 125 Å².